The van der Waals surface area contributed by atoms with Gasteiger partial charge in [0, 0.05) is 0 Å². The third-order valence-corrected chi connectivity index (χ3v) is 2.63. The van der Waals surface area contributed by atoms with Crippen LogP contribution in [0, 0.1) is 12.8 Å². The Bertz CT molecular complexity index is 43.0. The molecule has 0 amide bonds. The van der Waals surface area contributed by atoms with Crippen LogP contribution in [-0.4, -0.2) is 0 Å². The molecule has 0 aromatic rings. The molecule has 0 aliphatic heterocycles. The SMILES string of the molecule is [CH]1CCCCC[CH]CCCCC1. The molecule has 0 N–H and O–H groups in total. The van der Waals surface area contributed by atoms with Gasteiger partial charge in [0.15, 0.2) is 0 Å². The predicted molar refractivity (Wildman–Crippen MR) is 54.8 cm³/mol. The van der Waals surface area contributed by atoms with E-state index in [0.717, 1.165) is 0 Å². The maximum Gasteiger partial charge on any atom is -0.0386 e. The van der Waals surface area contributed by atoms with Crippen molar-refractivity contribution in [2.45, 2.75) is 64.2 Å². The van der Waals surface area contributed by atoms with Gasteiger partial charge in [-0.05, 0) is 12.8 Å². The van der Waals surface area contributed by atoms with Gasteiger partial charge < -0.3 is 0 Å². The van der Waals surface area contributed by atoms with Gasteiger partial charge in [0.1, 0.15) is 0 Å². The Hall–Kier alpha value is 0. The van der Waals surface area contributed by atoms with Gasteiger partial charge in [-0.3, -0.25) is 0 Å². The molecular formula is C12H22. The van der Waals surface area contributed by atoms with Crippen LogP contribution in [0.1, 0.15) is 64.2 Å². The first-order chi connectivity index (χ1) is 6.00. The average molecular weight is 166 g/mol. The van der Waals surface area contributed by atoms with Crippen molar-refractivity contribution in [1.82, 2.24) is 0 Å². The van der Waals surface area contributed by atoms with E-state index in [1.54, 1.807) is 0 Å². The highest BCUT2D eigenvalue weighted by molar-refractivity contribution is 4.69. The Morgan fingerprint density at radius 2 is 0.750 bits per heavy atom. The lowest BCUT2D eigenvalue weighted by Crippen LogP contribution is -1.87. The zero-order valence-corrected chi connectivity index (χ0v) is 8.23. The van der Waals surface area contributed by atoms with Crippen LogP contribution in [-0.2, 0) is 0 Å². The molecule has 1 aliphatic rings. The highest BCUT2D eigenvalue weighted by atomic mass is 14.0. The largest absolute Gasteiger partial charge is 0.0533 e. The van der Waals surface area contributed by atoms with Crippen molar-refractivity contribution in [3.63, 3.8) is 0 Å². The van der Waals surface area contributed by atoms with Crippen molar-refractivity contribution < 1.29 is 0 Å². The maximum absolute atomic E-state index is 2.49. The van der Waals surface area contributed by atoms with E-state index in [9.17, 15) is 0 Å². The summed E-state index contributed by atoms with van der Waals surface area (Å²) in [5.74, 6) is 0. The van der Waals surface area contributed by atoms with Crippen molar-refractivity contribution in [3.05, 3.63) is 12.8 Å². The van der Waals surface area contributed by atoms with Crippen LogP contribution in [0.5, 0.6) is 0 Å². The Kier molecular flexibility index (Phi) is 6.42. The molecule has 0 bridgehead atoms. The summed E-state index contributed by atoms with van der Waals surface area (Å²) >= 11 is 0. The first-order valence-electron chi connectivity index (χ1n) is 5.63. The Labute approximate surface area is 77.7 Å². The second-order valence-corrected chi connectivity index (χ2v) is 3.85. The first-order valence-corrected chi connectivity index (χ1v) is 5.63. The fourth-order valence-corrected chi connectivity index (χ4v) is 1.80. The molecule has 0 aromatic carbocycles. The molecule has 12 heavy (non-hydrogen) atoms. The molecule has 0 nitrogen and oxygen atoms in total. The van der Waals surface area contributed by atoms with Crippen LogP contribution >= 0.6 is 0 Å². The van der Waals surface area contributed by atoms with Crippen LogP contribution in [0.3, 0.4) is 0 Å². The van der Waals surface area contributed by atoms with E-state index in [1.165, 1.54) is 64.2 Å². The fourth-order valence-electron chi connectivity index (χ4n) is 1.80. The van der Waals surface area contributed by atoms with Gasteiger partial charge in [0.25, 0.3) is 0 Å². The van der Waals surface area contributed by atoms with E-state index in [0.29, 0.717) is 0 Å². The first kappa shape index (κ1) is 10.1. The topological polar surface area (TPSA) is 0 Å². The summed E-state index contributed by atoms with van der Waals surface area (Å²) < 4.78 is 0. The van der Waals surface area contributed by atoms with Crippen LogP contribution in [0.15, 0.2) is 0 Å². The van der Waals surface area contributed by atoms with Crippen LogP contribution in [0.25, 0.3) is 0 Å². The second-order valence-electron chi connectivity index (χ2n) is 3.85. The van der Waals surface area contributed by atoms with Gasteiger partial charge in [0.05, 0.1) is 0 Å². The summed E-state index contributed by atoms with van der Waals surface area (Å²) in [5, 5.41) is 0. The molecule has 0 heteroatoms. The fraction of sp³-hybridized carbons (Fsp3) is 0.833. The standard InChI is InChI=1S/C12H22/c1-2-4-6-8-10-12-11-9-7-5-3-1/h1,12H,2-11H2. The molecule has 0 atom stereocenters. The predicted octanol–water partition coefficient (Wildman–Crippen LogP) is 4.31. The Morgan fingerprint density at radius 1 is 0.417 bits per heavy atom. The number of hydrogen-bond acceptors (Lipinski definition) is 0. The van der Waals surface area contributed by atoms with Crippen LogP contribution < -0.4 is 0 Å². The summed E-state index contributed by atoms with van der Waals surface area (Å²) in [6, 6.07) is 0. The van der Waals surface area contributed by atoms with Gasteiger partial charge in [-0.1, -0.05) is 64.2 Å². The number of rotatable bonds is 0. The molecule has 1 rings (SSSR count). The molecule has 0 unspecified atom stereocenters. The Morgan fingerprint density at radius 3 is 1.08 bits per heavy atom. The van der Waals surface area contributed by atoms with E-state index in [4.69, 9.17) is 0 Å². The van der Waals surface area contributed by atoms with Crippen molar-refractivity contribution in [3.8, 4) is 0 Å². The molecule has 2 radical (unpaired) electrons. The lowest BCUT2D eigenvalue weighted by Gasteiger charge is -2.05. The third-order valence-electron chi connectivity index (χ3n) is 2.63. The smallest absolute Gasteiger partial charge is 0.0386 e. The summed E-state index contributed by atoms with van der Waals surface area (Å²) in [4.78, 5) is 0. The molecule has 1 fully saturated rings. The van der Waals surface area contributed by atoms with Gasteiger partial charge in [-0.15, -0.1) is 0 Å². The molecule has 0 aromatic heterocycles. The molecule has 70 valence electrons. The van der Waals surface area contributed by atoms with Crippen molar-refractivity contribution in [2.75, 3.05) is 0 Å². The minimum Gasteiger partial charge on any atom is -0.0533 e. The highest BCUT2D eigenvalue weighted by Gasteiger charge is 1.96. The quantitative estimate of drug-likeness (QED) is 0.503. The zero-order valence-electron chi connectivity index (χ0n) is 8.23. The molecule has 1 aliphatic carbocycles. The van der Waals surface area contributed by atoms with Gasteiger partial charge in [-0.2, -0.15) is 0 Å². The molecule has 0 heterocycles. The average Bonchev–Trinajstić information content (AvgIpc) is 2.05. The molecule has 0 saturated heterocycles. The van der Waals surface area contributed by atoms with Gasteiger partial charge in [-0.25, -0.2) is 0 Å². The van der Waals surface area contributed by atoms with E-state index in [1.807, 2.05) is 0 Å². The van der Waals surface area contributed by atoms with Gasteiger partial charge in [0.2, 0.25) is 0 Å². The summed E-state index contributed by atoms with van der Waals surface area (Å²) in [6.07, 6.45) is 19.0. The molecule has 1 saturated carbocycles. The van der Waals surface area contributed by atoms with Crippen LogP contribution in [0.4, 0.5) is 0 Å². The second kappa shape index (κ2) is 7.64. The van der Waals surface area contributed by atoms with Crippen molar-refractivity contribution in [2.24, 2.45) is 0 Å². The van der Waals surface area contributed by atoms with E-state index in [2.05, 4.69) is 12.8 Å². The number of hydrogen-bond donors (Lipinski definition) is 0. The maximum atomic E-state index is 2.49. The molecule has 0 spiro atoms. The van der Waals surface area contributed by atoms with Crippen LogP contribution in [0.2, 0.25) is 0 Å². The summed E-state index contributed by atoms with van der Waals surface area (Å²) in [7, 11) is 0. The summed E-state index contributed by atoms with van der Waals surface area (Å²) in [6.45, 7) is 0. The third kappa shape index (κ3) is 5.62. The minimum absolute atomic E-state index is 1.36. The lowest BCUT2D eigenvalue weighted by molar-refractivity contribution is 0.593. The normalized spacial score (nSPS) is 24.0. The van der Waals surface area contributed by atoms with E-state index >= 15 is 0 Å². The highest BCUT2D eigenvalue weighted by Crippen LogP contribution is 2.14. The zero-order chi connectivity index (χ0) is 8.49. The van der Waals surface area contributed by atoms with E-state index in [-0.39, 0.29) is 0 Å². The Balaban J connectivity index is 2.00. The van der Waals surface area contributed by atoms with E-state index < -0.39 is 0 Å². The van der Waals surface area contributed by atoms with Crippen molar-refractivity contribution in [1.29, 1.82) is 0 Å². The lowest BCUT2D eigenvalue weighted by atomic mass is 10.0. The van der Waals surface area contributed by atoms with Gasteiger partial charge >= 0.3 is 0 Å². The monoisotopic (exact) mass is 166 g/mol. The van der Waals surface area contributed by atoms with Crippen molar-refractivity contribution >= 4 is 0 Å². The minimum atomic E-state index is 1.36. The summed E-state index contributed by atoms with van der Waals surface area (Å²) in [5.41, 5.74) is 0. The molecular weight excluding hydrogens is 144 g/mol.